The molecule has 0 aliphatic heterocycles. The lowest BCUT2D eigenvalue weighted by atomic mass is 10.0. The van der Waals surface area contributed by atoms with Crippen molar-refractivity contribution in [1.29, 1.82) is 0 Å². The lowest BCUT2D eigenvalue weighted by Crippen LogP contribution is -2.47. The van der Waals surface area contributed by atoms with Crippen LogP contribution in [0.25, 0.3) is 0 Å². The first-order valence-electron chi connectivity index (χ1n) is 5.66. The molecule has 0 rings (SSSR count). The Morgan fingerprint density at radius 2 is 1.94 bits per heavy atom. The summed E-state index contributed by atoms with van der Waals surface area (Å²) >= 11 is 0. The van der Waals surface area contributed by atoms with Crippen molar-refractivity contribution in [1.82, 2.24) is 4.90 Å². The Morgan fingerprint density at radius 1 is 1.38 bits per heavy atom. The molecule has 0 radical (unpaired) electrons. The number of likely N-dealkylation sites (N-methyl/N-ethyl adjacent to an activating group) is 1. The number of hydrogen-bond donors (Lipinski definition) is 1. The van der Waals surface area contributed by atoms with E-state index in [-0.39, 0.29) is 24.2 Å². The molecule has 0 saturated heterocycles. The van der Waals surface area contributed by atoms with Crippen molar-refractivity contribution in [2.45, 2.75) is 33.7 Å². The van der Waals surface area contributed by atoms with Crippen molar-refractivity contribution in [2.24, 2.45) is 11.7 Å². The minimum Gasteiger partial charge on any atom is -0.380 e. The maximum atomic E-state index is 11.9. The Bertz CT molecular complexity index is 189. The van der Waals surface area contributed by atoms with E-state index < -0.39 is 6.04 Å². The first kappa shape index (κ1) is 18.1. The van der Waals surface area contributed by atoms with Gasteiger partial charge in [0, 0.05) is 19.7 Å². The fourth-order valence-corrected chi connectivity index (χ4v) is 1.24. The number of carbonyl (C=O) groups excluding carboxylic acids is 1. The Morgan fingerprint density at radius 3 is 2.31 bits per heavy atom. The fourth-order valence-electron chi connectivity index (χ4n) is 1.24. The molecular formula is C11H25ClN2O2. The molecule has 4 nitrogen and oxygen atoms in total. The third-order valence-electron chi connectivity index (χ3n) is 2.41. The van der Waals surface area contributed by atoms with Gasteiger partial charge in [0.25, 0.3) is 0 Å². The first-order chi connectivity index (χ1) is 7.04. The quantitative estimate of drug-likeness (QED) is 0.695. The van der Waals surface area contributed by atoms with E-state index >= 15 is 0 Å². The number of amides is 1. The zero-order valence-corrected chi connectivity index (χ0v) is 11.5. The molecule has 0 heterocycles. The molecule has 1 atom stereocenters. The number of ether oxygens (including phenoxy) is 1. The molecule has 0 aromatic carbocycles. The molecule has 0 bridgehead atoms. The highest BCUT2D eigenvalue weighted by Crippen LogP contribution is 2.03. The first-order valence-corrected chi connectivity index (χ1v) is 5.66. The largest absolute Gasteiger partial charge is 0.380 e. The Labute approximate surface area is 105 Å². The van der Waals surface area contributed by atoms with Gasteiger partial charge in [0.05, 0.1) is 12.6 Å². The molecule has 0 aromatic heterocycles. The van der Waals surface area contributed by atoms with E-state index in [4.69, 9.17) is 10.5 Å². The van der Waals surface area contributed by atoms with Gasteiger partial charge in [0.15, 0.2) is 0 Å². The van der Waals surface area contributed by atoms with Crippen LogP contribution >= 0.6 is 12.4 Å². The number of nitrogens with two attached hydrogens (primary N) is 1. The van der Waals surface area contributed by atoms with E-state index in [1.807, 2.05) is 27.7 Å². The number of carbonyl (C=O) groups is 1. The van der Waals surface area contributed by atoms with Crippen LogP contribution in [-0.4, -0.2) is 43.2 Å². The molecule has 0 aliphatic carbocycles. The van der Waals surface area contributed by atoms with Crippen LogP contribution in [0.1, 0.15) is 27.7 Å². The van der Waals surface area contributed by atoms with Crippen molar-refractivity contribution in [3.8, 4) is 0 Å². The highest BCUT2D eigenvalue weighted by atomic mass is 35.5. The normalized spacial score (nSPS) is 12.1. The van der Waals surface area contributed by atoms with Gasteiger partial charge in [-0.2, -0.15) is 0 Å². The standard InChI is InChI=1S/C11H24N2O2.ClH/c1-5-13(7-8-15-6-2)11(14)10(12)9(3)4;/h9-10H,5-8,12H2,1-4H3;1H/t10-;/m0./s1. The van der Waals surface area contributed by atoms with Crippen LogP contribution in [0.2, 0.25) is 0 Å². The van der Waals surface area contributed by atoms with Gasteiger partial charge >= 0.3 is 0 Å². The summed E-state index contributed by atoms with van der Waals surface area (Å²) in [6.07, 6.45) is 0. The van der Waals surface area contributed by atoms with Gasteiger partial charge in [-0.25, -0.2) is 0 Å². The summed E-state index contributed by atoms with van der Waals surface area (Å²) in [5.74, 6) is 0.200. The minimum atomic E-state index is -0.397. The Hall–Kier alpha value is -0.320. The summed E-state index contributed by atoms with van der Waals surface area (Å²) in [4.78, 5) is 13.6. The predicted octanol–water partition coefficient (Wildman–Crippen LogP) is 1.28. The monoisotopic (exact) mass is 252 g/mol. The van der Waals surface area contributed by atoms with E-state index in [2.05, 4.69) is 0 Å². The smallest absolute Gasteiger partial charge is 0.239 e. The molecule has 98 valence electrons. The third-order valence-corrected chi connectivity index (χ3v) is 2.41. The SMILES string of the molecule is CCOCCN(CC)C(=O)[C@@H](N)C(C)C.Cl. The molecule has 0 fully saturated rings. The van der Waals surface area contributed by atoms with Crippen molar-refractivity contribution in [3.63, 3.8) is 0 Å². The van der Waals surface area contributed by atoms with E-state index in [0.29, 0.717) is 26.3 Å². The van der Waals surface area contributed by atoms with Gasteiger partial charge in [0.1, 0.15) is 0 Å². The van der Waals surface area contributed by atoms with Gasteiger partial charge in [-0.15, -0.1) is 12.4 Å². The summed E-state index contributed by atoms with van der Waals surface area (Å²) in [7, 11) is 0. The van der Waals surface area contributed by atoms with Gasteiger partial charge in [-0.1, -0.05) is 13.8 Å². The maximum absolute atomic E-state index is 11.9. The van der Waals surface area contributed by atoms with Crippen molar-refractivity contribution >= 4 is 18.3 Å². The molecule has 2 N–H and O–H groups in total. The van der Waals surface area contributed by atoms with Crippen LogP contribution in [0, 0.1) is 5.92 Å². The number of halogens is 1. The molecule has 0 aromatic rings. The molecular weight excluding hydrogens is 228 g/mol. The van der Waals surface area contributed by atoms with Crippen LogP contribution in [0.15, 0.2) is 0 Å². The fraction of sp³-hybridized carbons (Fsp3) is 0.909. The zero-order chi connectivity index (χ0) is 11.8. The van der Waals surface area contributed by atoms with Gasteiger partial charge in [-0.05, 0) is 19.8 Å². The number of rotatable bonds is 7. The van der Waals surface area contributed by atoms with E-state index in [1.165, 1.54) is 0 Å². The second-order valence-electron chi connectivity index (χ2n) is 3.88. The van der Waals surface area contributed by atoms with Crippen molar-refractivity contribution in [2.75, 3.05) is 26.3 Å². The topological polar surface area (TPSA) is 55.6 Å². The summed E-state index contributed by atoms with van der Waals surface area (Å²) in [5, 5.41) is 0. The average molecular weight is 253 g/mol. The number of hydrogen-bond acceptors (Lipinski definition) is 3. The van der Waals surface area contributed by atoms with Gasteiger partial charge < -0.3 is 15.4 Å². The van der Waals surface area contributed by atoms with Crippen molar-refractivity contribution in [3.05, 3.63) is 0 Å². The number of nitrogens with zero attached hydrogens (tertiary/aromatic N) is 1. The van der Waals surface area contributed by atoms with E-state index in [9.17, 15) is 4.79 Å². The van der Waals surface area contributed by atoms with Crippen LogP contribution in [0.4, 0.5) is 0 Å². The van der Waals surface area contributed by atoms with Crippen LogP contribution < -0.4 is 5.73 Å². The lowest BCUT2D eigenvalue weighted by Gasteiger charge is -2.25. The molecule has 0 aliphatic rings. The Balaban J connectivity index is 0. The summed E-state index contributed by atoms with van der Waals surface area (Å²) in [6.45, 7) is 10.4. The van der Waals surface area contributed by atoms with Gasteiger partial charge in [0.2, 0.25) is 5.91 Å². The van der Waals surface area contributed by atoms with E-state index in [0.717, 1.165) is 0 Å². The summed E-state index contributed by atoms with van der Waals surface area (Å²) < 4.78 is 5.22. The minimum absolute atomic E-state index is 0. The zero-order valence-electron chi connectivity index (χ0n) is 10.7. The summed E-state index contributed by atoms with van der Waals surface area (Å²) in [5.41, 5.74) is 5.81. The molecule has 5 heteroatoms. The summed E-state index contributed by atoms with van der Waals surface area (Å²) in [6, 6.07) is -0.397. The molecule has 1 amide bonds. The highest BCUT2D eigenvalue weighted by molar-refractivity contribution is 5.85. The van der Waals surface area contributed by atoms with Crippen molar-refractivity contribution < 1.29 is 9.53 Å². The second kappa shape index (κ2) is 9.87. The predicted molar refractivity (Wildman–Crippen MR) is 68.8 cm³/mol. The Kier molecular flexibility index (Phi) is 11.1. The van der Waals surface area contributed by atoms with Gasteiger partial charge in [-0.3, -0.25) is 4.79 Å². The average Bonchev–Trinajstić information content (AvgIpc) is 2.22. The van der Waals surface area contributed by atoms with Crippen LogP contribution in [-0.2, 0) is 9.53 Å². The van der Waals surface area contributed by atoms with E-state index in [1.54, 1.807) is 4.90 Å². The molecule has 0 saturated carbocycles. The molecule has 0 spiro atoms. The second-order valence-corrected chi connectivity index (χ2v) is 3.88. The highest BCUT2D eigenvalue weighted by Gasteiger charge is 2.21. The van der Waals surface area contributed by atoms with Crippen LogP contribution in [0.5, 0.6) is 0 Å². The van der Waals surface area contributed by atoms with Crippen LogP contribution in [0.3, 0.4) is 0 Å². The molecule has 16 heavy (non-hydrogen) atoms. The molecule has 0 unspecified atom stereocenters. The maximum Gasteiger partial charge on any atom is 0.239 e. The third kappa shape index (κ3) is 6.30. The lowest BCUT2D eigenvalue weighted by molar-refractivity contribution is -0.134.